The van der Waals surface area contributed by atoms with Crippen LogP contribution in [0.1, 0.15) is 30.7 Å². The second-order valence-electron chi connectivity index (χ2n) is 9.15. The molecule has 0 radical (unpaired) electrons. The molecule has 11 heteroatoms. The summed E-state index contributed by atoms with van der Waals surface area (Å²) in [6.07, 6.45) is 4.72. The van der Waals surface area contributed by atoms with Crippen molar-refractivity contribution in [2.45, 2.75) is 36.5 Å². The lowest BCUT2D eigenvalue weighted by Crippen LogP contribution is -2.67. The standard InChI is InChI=1S/C22H31N5O5S/c28-22(29)27-15-20(19(27)5-7-25-10-12-32-13-11-25)33(30,31)26-8-3-16(4-9-26)18-14-24-21-17(18)2-1-6-23-21/h1-2,6,14,16,19-20H,3-5,7-13,15H2,(H,23,24)(H,28,29). The van der Waals surface area contributed by atoms with Crippen molar-refractivity contribution in [3.8, 4) is 0 Å². The largest absolute Gasteiger partial charge is 0.465 e. The normalized spacial score (nSPS) is 25.9. The molecule has 3 saturated heterocycles. The third kappa shape index (κ3) is 4.34. The van der Waals surface area contributed by atoms with Crippen molar-refractivity contribution in [3.63, 3.8) is 0 Å². The minimum absolute atomic E-state index is 0.0551. The van der Waals surface area contributed by atoms with E-state index < -0.39 is 27.4 Å². The number of morpholine rings is 1. The van der Waals surface area contributed by atoms with Gasteiger partial charge in [-0.1, -0.05) is 0 Å². The third-order valence-corrected chi connectivity index (χ3v) is 9.73. The minimum Gasteiger partial charge on any atom is -0.465 e. The van der Waals surface area contributed by atoms with Crippen molar-refractivity contribution in [1.82, 2.24) is 24.1 Å². The maximum Gasteiger partial charge on any atom is 0.407 e. The van der Waals surface area contributed by atoms with E-state index in [1.165, 1.54) is 10.5 Å². The zero-order valence-corrected chi connectivity index (χ0v) is 19.4. The highest BCUT2D eigenvalue weighted by molar-refractivity contribution is 7.89. The number of carboxylic acid groups (broad SMARTS) is 1. The fraction of sp³-hybridized carbons (Fsp3) is 0.636. The Labute approximate surface area is 193 Å². The number of pyridine rings is 1. The third-order valence-electron chi connectivity index (χ3n) is 7.42. The number of aromatic amines is 1. The summed E-state index contributed by atoms with van der Waals surface area (Å²) in [6, 6.07) is 3.47. The Morgan fingerprint density at radius 1 is 1.21 bits per heavy atom. The Bertz CT molecular complexity index is 1090. The van der Waals surface area contributed by atoms with Gasteiger partial charge in [-0.3, -0.25) is 4.90 Å². The fourth-order valence-electron chi connectivity index (χ4n) is 5.44. The van der Waals surface area contributed by atoms with Crippen molar-refractivity contribution in [2.75, 3.05) is 52.5 Å². The minimum atomic E-state index is -3.56. The summed E-state index contributed by atoms with van der Waals surface area (Å²) in [5, 5.41) is 9.97. The van der Waals surface area contributed by atoms with Gasteiger partial charge in [0.05, 0.1) is 19.3 Å². The Balaban J connectivity index is 1.23. The van der Waals surface area contributed by atoms with E-state index in [1.807, 2.05) is 18.3 Å². The molecule has 1 amide bonds. The molecule has 2 atom stereocenters. The zero-order valence-electron chi connectivity index (χ0n) is 18.6. The van der Waals surface area contributed by atoms with Crippen LogP contribution in [-0.2, 0) is 14.8 Å². The smallest absolute Gasteiger partial charge is 0.407 e. The van der Waals surface area contributed by atoms with E-state index in [9.17, 15) is 18.3 Å². The molecule has 180 valence electrons. The molecule has 0 aromatic carbocycles. The summed E-state index contributed by atoms with van der Waals surface area (Å²) in [4.78, 5) is 22.7. The van der Waals surface area contributed by atoms with Crippen LogP contribution in [0.3, 0.4) is 0 Å². The highest BCUT2D eigenvalue weighted by Crippen LogP contribution is 2.36. The first-order valence-electron chi connectivity index (χ1n) is 11.7. The van der Waals surface area contributed by atoms with Crippen molar-refractivity contribution in [2.24, 2.45) is 0 Å². The number of nitrogens with zero attached hydrogens (tertiary/aromatic N) is 4. The molecule has 0 bridgehead atoms. The summed E-state index contributed by atoms with van der Waals surface area (Å²) >= 11 is 0. The quantitative estimate of drug-likeness (QED) is 0.647. The van der Waals surface area contributed by atoms with E-state index in [2.05, 4.69) is 14.9 Å². The molecule has 2 aromatic heterocycles. The molecule has 2 unspecified atom stereocenters. The van der Waals surface area contributed by atoms with Crippen LogP contribution in [0.15, 0.2) is 24.5 Å². The Kier molecular flexibility index (Phi) is 6.30. The second kappa shape index (κ2) is 9.21. The second-order valence-corrected chi connectivity index (χ2v) is 11.3. The monoisotopic (exact) mass is 477 g/mol. The number of ether oxygens (including phenoxy) is 1. The van der Waals surface area contributed by atoms with Crippen LogP contribution in [0.25, 0.3) is 11.0 Å². The van der Waals surface area contributed by atoms with Gasteiger partial charge in [0.2, 0.25) is 10.0 Å². The highest BCUT2D eigenvalue weighted by Gasteiger charge is 2.51. The molecular weight excluding hydrogens is 446 g/mol. The van der Waals surface area contributed by atoms with Crippen LogP contribution in [-0.4, -0.2) is 107 Å². The maximum absolute atomic E-state index is 13.5. The van der Waals surface area contributed by atoms with Gasteiger partial charge in [0.15, 0.2) is 0 Å². The molecule has 2 aromatic rings. The number of rotatable bonds is 6. The number of aromatic nitrogens is 2. The molecule has 3 fully saturated rings. The number of carbonyl (C=O) groups is 1. The first-order valence-corrected chi connectivity index (χ1v) is 13.2. The molecule has 0 aliphatic carbocycles. The average molecular weight is 478 g/mol. The van der Waals surface area contributed by atoms with Gasteiger partial charge in [-0.15, -0.1) is 0 Å². The molecule has 3 aliphatic rings. The number of hydrogen-bond acceptors (Lipinski definition) is 6. The van der Waals surface area contributed by atoms with Gasteiger partial charge >= 0.3 is 6.09 Å². The van der Waals surface area contributed by atoms with Gasteiger partial charge in [-0.2, -0.15) is 0 Å². The van der Waals surface area contributed by atoms with Crippen molar-refractivity contribution < 1.29 is 23.1 Å². The van der Waals surface area contributed by atoms with Crippen LogP contribution in [0, 0.1) is 0 Å². The van der Waals surface area contributed by atoms with Crippen LogP contribution < -0.4 is 0 Å². The van der Waals surface area contributed by atoms with Crippen LogP contribution in [0.5, 0.6) is 0 Å². The maximum atomic E-state index is 13.5. The van der Waals surface area contributed by atoms with E-state index >= 15 is 0 Å². The van der Waals surface area contributed by atoms with Crippen molar-refractivity contribution >= 4 is 27.1 Å². The first kappa shape index (κ1) is 22.6. The Hall–Kier alpha value is -2.21. The molecule has 10 nitrogen and oxygen atoms in total. The fourth-order valence-corrected chi connectivity index (χ4v) is 7.57. The average Bonchev–Trinajstić information content (AvgIpc) is 3.23. The van der Waals surface area contributed by atoms with Gasteiger partial charge in [0.1, 0.15) is 10.9 Å². The molecular formula is C22H31N5O5S. The van der Waals surface area contributed by atoms with Gasteiger partial charge in [-0.25, -0.2) is 22.5 Å². The van der Waals surface area contributed by atoms with Gasteiger partial charge in [0.25, 0.3) is 0 Å². The van der Waals surface area contributed by atoms with Crippen molar-refractivity contribution in [1.29, 1.82) is 0 Å². The highest BCUT2D eigenvalue weighted by atomic mass is 32.2. The summed E-state index contributed by atoms with van der Waals surface area (Å²) < 4.78 is 33.9. The number of H-pyrrole nitrogens is 1. The lowest BCUT2D eigenvalue weighted by atomic mass is 9.90. The van der Waals surface area contributed by atoms with Gasteiger partial charge in [-0.05, 0) is 42.9 Å². The van der Waals surface area contributed by atoms with Crippen LogP contribution in [0.4, 0.5) is 4.79 Å². The summed E-state index contributed by atoms with van der Waals surface area (Å²) in [6.45, 7) is 4.58. The number of sulfonamides is 1. The van der Waals surface area contributed by atoms with E-state index in [1.54, 1.807) is 10.5 Å². The van der Waals surface area contributed by atoms with Crippen molar-refractivity contribution in [3.05, 3.63) is 30.1 Å². The molecule has 3 aliphatic heterocycles. The summed E-state index contributed by atoms with van der Waals surface area (Å²) in [5.41, 5.74) is 2.05. The molecule has 2 N–H and O–H groups in total. The SMILES string of the molecule is O=C(O)N1CC(S(=O)(=O)N2CCC(c3c[nH]c4ncccc34)CC2)C1CCN1CCOCC1. The van der Waals surface area contributed by atoms with E-state index in [0.29, 0.717) is 39.3 Å². The number of amides is 1. The zero-order chi connectivity index (χ0) is 23.0. The summed E-state index contributed by atoms with van der Waals surface area (Å²) in [5.74, 6) is 0.281. The lowest BCUT2D eigenvalue weighted by molar-refractivity contribution is 0.0251. The Morgan fingerprint density at radius 3 is 2.70 bits per heavy atom. The molecule has 0 spiro atoms. The van der Waals surface area contributed by atoms with E-state index in [0.717, 1.165) is 37.0 Å². The number of hydrogen-bond donors (Lipinski definition) is 2. The number of nitrogens with one attached hydrogen (secondary N) is 1. The van der Waals surface area contributed by atoms with E-state index in [4.69, 9.17) is 4.74 Å². The van der Waals surface area contributed by atoms with Gasteiger partial charge in [0, 0.05) is 57.0 Å². The Morgan fingerprint density at radius 2 is 1.97 bits per heavy atom. The van der Waals surface area contributed by atoms with Gasteiger partial charge < -0.3 is 19.7 Å². The van der Waals surface area contributed by atoms with E-state index in [-0.39, 0.29) is 12.5 Å². The molecule has 0 saturated carbocycles. The van der Waals surface area contributed by atoms with Crippen LogP contribution >= 0.6 is 0 Å². The predicted octanol–water partition coefficient (Wildman–Crippen LogP) is 1.53. The lowest BCUT2D eigenvalue weighted by Gasteiger charge is -2.48. The number of piperidine rings is 1. The number of likely N-dealkylation sites (tertiary alicyclic amines) is 1. The summed E-state index contributed by atoms with van der Waals surface area (Å²) in [7, 11) is -3.56. The topological polar surface area (TPSA) is 119 Å². The van der Waals surface area contributed by atoms with Crippen LogP contribution in [0.2, 0.25) is 0 Å². The first-order chi connectivity index (χ1) is 15.9. The number of fused-ring (bicyclic) bond motifs is 1. The molecule has 33 heavy (non-hydrogen) atoms. The molecule has 5 heterocycles. The molecule has 5 rings (SSSR count). The predicted molar refractivity (Wildman–Crippen MR) is 123 cm³/mol.